The fourth-order valence-corrected chi connectivity index (χ4v) is 2.43. The number of hydrogen-bond acceptors (Lipinski definition) is 1. The van der Waals surface area contributed by atoms with Crippen LogP contribution in [0.3, 0.4) is 0 Å². The van der Waals surface area contributed by atoms with Crippen LogP contribution in [0.4, 0.5) is 0 Å². The molecule has 1 atom stereocenters. The number of rotatable bonds is 6. The molecule has 0 fully saturated rings. The molecule has 1 unspecified atom stereocenters. The highest BCUT2D eigenvalue weighted by atomic mass is 79.9. The summed E-state index contributed by atoms with van der Waals surface area (Å²) in [6.07, 6.45) is 8.51. The van der Waals surface area contributed by atoms with Crippen LogP contribution in [0.1, 0.15) is 44.6 Å². The second kappa shape index (κ2) is 7.40. The molecule has 0 saturated carbocycles. The molecular formula is C15H19BrO. The Balaban J connectivity index is 2.90. The average Bonchev–Trinajstić information content (AvgIpc) is 2.32. The Kier molecular flexibility index (Phi) is 6.15. The summed E-state index contributed by atoms with van der Waals surface area (Å²) in [4.78, 5) is 0. The van der Waals surface area contributed by atoms with Crippen LogP contribution in [-0.4, -0.2) is 6.61 Å². The molecule has 0 heterocycles. The first-order valence-electron chi connectivity index (χ1n) is 6.08. The van der Waals surface area contributed by atoms with Crippen molar-refractivity contribution in [3.05, 3.63) is 28.2 Å². The summed E-state index contributed by atoms with van der Waals surface area (Å²) in [5.41, 5.74) is 1.29. The molecule has 0 aliphatic carbocycles. The van der Waals surface area contributed by atoms with Crippen molar-refractivity contribution in [2.45, 2.75) is 39.0 Å². The van der Waals surface area contributed by atoms with E-state index < -0.39 is 0 Å². The molecular weight excluding hydrogens is 276 g/mol. The third kappa shape index (κ3) is 4.09. The van der Waals surface area contributed by atoms with E-state index in [1.165, 1.54) is 5.56 Å². The average molecular weight is 295 g/mol. The Morgan fingerprint density at radius 2 is 2.18 bits per heavy atom. The molecule has 0 aliphatic rings. The van der Waals surface area contributed by atoms with Crippen molar-refractivity contribution < 1.29 is 4.74 Å². The summed E-state index contributed by atoms with van der Waals surface area (Å²) in [5, 5.41) is 0. The van der Waals surface area contributed by atoms with Gasteiger partial charge in [-0.2, -0.15) is 0 Å². The van der Waals surface area contributed by atoms with E-state index in [-0.39, 0.29) is 0 Å². The summed E-state index contributed by atoms with van der Waals surface area (Å²) in [7, 11) is 0. The molecule has 1 aromatic rings. The van der Waals surface area contributed by atoms with E-state index in [9.17, 15) is 0 Å². The molecule has 0 bridgehead atoms. The van der Waals surface area contributed by atoms with Gasteiger partial charge in [-0.3, -0.25) is 0 Å². The highest BCUT2D eigenvalue weighted by Crippen LogP contribution is 2.32. The van der Waals surface area contributed by atoms with E-state index in [4.69, 9.17) is 11.2 Å². The van der Waals surface area contributed by atoms with Crippen molar-refractivity contribution in [1.82, 2.24) is 0 Å². The molecule has 1 aromatic carbocycles. The molecule has 0 aliphatic heterocycles. The first-order chi connectivity index (χ1) is 8.22. The van der Waals surface area contributed by atoms with Gasteiger partial charge < -0.3 is 4.74 Å². The van der Waals surface area contributed by atoms with Gasteiger partial charge in [-0.1, -0.05) is 19.4 Å². The van der Waals surface area contributed by atoms with Gasteiger partial charge in [0.15, 0.2) is 0 Å². The Labute approximate surface area is 113 Å². The van der Waals surface area contributed by atoms with Crippen LogP contribution in [0.5, 0.6) is 5.75 Å². The van der Waals surface area contributed by atoms with Crippen LogP contribution in [0.2, 0.25) is 0 Å². The lowest BCUT2D eigenvalue weighted by Crippen LogP contribution is -1.99. The summed E-state index contributed by atoms with van der Waals surface area (Å²) in [6, 6.07) is 6.26. The number of ether oxygens (including phenoxy) is 1. The van der Waals surface area contributed by atoms with Crippen LogP contribution < -0.4 is 4.74 Å². The predicted octanol–water partition coefficient (Wildman–Crippen LogP) is 4.75. The molecule has 0 N–H and O–H groups in total. The minimum Gasteiger partial charge on any atom is -0.493 e. The zero-order valence-corrected chi connectivity index (χ0v) is 12.1. The molecule has 1 nitrogen and oxygen atoms in total. The van der Waals surface area contributed by atoms with E-state index >= 15 is 0 Å². The second-order valence-electron chi connectivity index (χ2n) is 4.02. The van der Waals surface area contributed by atoms with Crippen molar-refractivity contribution in [1.29, 1.82) is 0 Å². The maximum atomic E-state index is 5.50. The molecule has 92 valence electrons. The number of benzene rings is 1. The highest BCUT2D eigenvalue weighted by molar-refractivity contribution is 9.10. The largest absolute Gasteiger partial charge is 0.493 e. The fraction of sp³-hybridized carbons (Fsp3) is 0.467. The molecule has 0 aromatic heterocycles. The minimum atomic E-state index is 0.456. The lowest BCUT2D eigenvalue weighted by Gasteiger charge is -2.15. The van der Waals surface area contributed by atoms with Crippen LogP contribution in [0.25, 0.3) is 0 Å². The monoisotopic (exact) mass is 294 g/mol. The SMILES string of the molecule is C#CCC(CCC)c1ccc(OCC)c(Br)c1. The fourth-order valence-electron chi connectivity index (χ4n) is 1.92. The highest BCUT2D eigenvalue weighted by Gasteiger charge is 2.11. The van der Waals surface area contributed by atoms with Crippen molar-refractivity contribution in [2.75, 3.05) is 6.61 Å². The number of hydrogen-bond donors (Lipinski definition) is 0. The zero-order chi connectivity index (χ0) is 12.7. The molecule has 1 rings (SSSR count). The Bertz CT molecular complexity index is 392. The van der Waals surface area contributed by atoms with Gasteiger partial charge in [0.05, 0.1) is 11.1 Å². The van der Waals surface area contributed by atoms with Crippen LogP contribution in [0.15, 0.2) is 22.7 Å². The first kappa shape index (κ1) is 14.1. The Hall–Kier alpha value is -0.940. The first-order valence-corrected chi connectivity index (χ1v) is 6.87. The van der Waals surface area contributed by atoms with E-state index in [0.29, 0.717) is 12.5 Å². The molecule has 0 spiro atoms. The minimum absolute atomic E-state index is 0.456. The zero-order valence-electron chi connectivity index (χ0n) is 10.5. The second-order valence-corrected chi connectivity index (χ2v) is 4.87. The van der Waals surface area contributed by atoms with Crippen LogP contribution in [0, 0.1) is 12.3 Å². The van der Waals surface area contributed by atoms with Gasteiger partial charge in [0.2, 0.25) is 0 Å². The predicted molar refractivity (Wildman–Crippen MR) is 76.4 cm³/mol. The number of halogens is 1. The Morgan fingerprint density at radius 1 is 1.41 bits per heavy atom. The summed E-state index contributed by atoms with van der Waals surface area (Å²) in [6.45, 7) is 4.85. The lowest BCUT2D eigenvalue weighted by molar-refractivity contribution is 0.338. The van der Waals surface area contributed by atoms with Crippen molar-refractivity contribution in [3.63, 3.8) is 0 Å². The van der Waals surface area contributed by atoms with Crippen molar-refractivity contribution in [2.24, 2.45) is 0 Å². The quantitative estimate of drug-likeness (QED) is 0.688. The maximum absolute atomic E-state index is 5.50. The summed E-state index contributed by atoms with van der Waals surface area (Å²) in [5.74, 6) is 4.11. The normalized spacial score (nSPS) is 11.9. The van der Waals surface area contributed by atoms with Gasteiger partial charge in [-0.05, 0) is 52.9 Å². The summed E-state index contributed by atoms with van der Waals surface area (Å²) < 4.78 is 6.51. The molecule has 17 heavy (non-hydrogen) atoms. The topological polar surface area (TPSA) is 9.23 Å². The van der Waals surface area contributed by atoms with Gasteiger partial charge in [-0.15, -0.1) is 12.3 Å². The Morgan fingerprint density at radius 3 is 2.71 bits per heavy atom. The van der Waals surface area contributed by atoms with Gasteiger partial charge in [0, 0.05) is 6.42 Å². The molecule has 2 heteroatoms. The van der Waals surface area contributed by atoms with Gasteiger partial charge >= 0.3 is 0 Å². The van der Waals surface area contributed by atoms with Gasteiger partial charge in [-0.25, -0.2) is 0 Å². The van der Waals surface area contributed by atoms with Crippen LogP contribution in [-0.2, 0) is 0 Å². The van der Waals surface area contributed by atoms with E-state index in [0.717, 1.165) is 29.5 Å². The van der Waals surface area contributed by atoms with Crippen LogP contribution >= 0.6 is 15.9 Å². The number of terminal acetylenes is 1. The van der Waals surface area contributed by atoms with Crippen molar-refractivity contribution in [3.8, 4) is 18.1 Å². The van der Waals surface area contributed by atoms with E-state index in [1.807, 2.05) is 13.0 Å². The van der Waals surface area contributed by atoms with E-state index in [2.05, 4.69) is 40.9 Å². The standard InChI is InChI=1S/C15H19BrO/c1-4-7-12(8-5-2)13-9-10-15(17-6-3)14(16)11-13/h1,9-12H,5-8H2,2-3H3. The lowest BCUT2D eigenvalue weighted by atomic mass is 9.92. The molecule has 0 radical (unpaired) electrons. The van der Waals surface area contributed by atoms with E-state index in [1.54, 1.807) is 0 Å². The third-order valence-electron chi connectivity index (χ3n) is 2.73. The van der Waals surface area contributed by atoms with Gasteiger partial charge in [0.1, 0.15) is 5.75 Å². The smallest absolute Gasteiger partial charge is 0.133 e. The maximum Gasteiger partial charge on any atom is 0.133 e. The summed E-state index contributed by atoms with van der Waals surface area (Å²) >= 11 is 3.54. The molecule has 0 amide bonds. The molecule has 0 saturated heterocycles. The van der Waals surface area contributed by atoms with Crippen molar-refractivity contribution >= 4 is 15.9 Å². The third-order valence-corrected chi connectivity index (χ3v) is 3.35. The van der Waals surface area contributed by atoms with Gasteiger partial charge in [0.25, 0.3) is 0 Å².